The first-order valence-corrected chi connectivity index (χ1v) is 13.1. The van der Waals surface area contributed by atoms with E-state index in [1.807, 2.05) is 25.7 Å². The summed E-state index contributed by atoms with van der Waals surface area (Å²) in [6.45, 7) is 6.18. The zero-order valence-corrected chi connectivity index (χ0v) is 22.8. The second kappa shape index (κ2) is 10.3. The Kier molecular flexibility index (Phi) is 7.12. The van der Waals surface area contributed by atoms with E-state index in [0.29, 0.717) is 0 Å². The lowest BCUT2D eigenvalue weighted by atomic mass is 10.1. The summed E-state index contributed by atoms with van der Waals surface area (Å²) in [4.78, 5) is 28.6. The van der Waals surface area contributed by atoms with Gasteiger partial charge >= 0.3 is 6.18 Å². The number of hydrogen-bond donors (Lipinski definition) is 2. The van der Waals surface area contributed by atoms with E-state index >= 15 is 4.39 Å². The monoisotopic (exact) mass is 578 g/mol. The van der Waals surface area contributed by atoms with Gasteiger partial charge in [-0.1, -0.05) is 0 Å². The summed E-state index contributed by atoms with van der Waals surface area (Å²) in [5, 5.41) is 7.56. The van der Waals surface area contributed by atoms with Gasteiger partial charge in [0.05, 0.1) is 35.1 Å². The number of fused-ring (bicyclic) bond motifs is 1. The van der Waals surface area contributed by atoms with Crippen molar-refractivity contribution in [1.29, 1.82) is 0 Å². The summed E-state index contributed by atoms with van der Waals surface area (Å²) < 4.78 is 62.6. The van der Waals surface area contributed by atoms with E-state index in [1.165, 1.54) is 19.4 Å². The molecule has 0 saturated carbocycles. The number of ether oxygens (including phenoxy) is 1. The van der Waals surface area contributed by atoms with Gasteiger partial charge in [-0.2, -0.15) is 18.3 Å². The number of rotatable bonds is 6. The van der Waals surface area contributed by atoms with Crippen LogP contribution in [0.25, 0.3) is 16.8 Å². The van der Waals surface area contributed by atoms with Gasteiger partial charge in [-0.05, 0) is 32.9 Å². The summed E-state index contributed by atoms with van der Waals surface area (Å²) in [6.07, 6.45) is -3.79. The predicted octanol–water partition coefficient (Wildman–Crippen LogP) is 3.99. The van der Waals surface area contributed by atoms with E-state index in [9.17, 15) is 18.0 Å². The maximum atomic E-state index is 15.1. The first-order valence-electron chi connectivity index (χ1n) is 12.3. The Morgan fingerprint density at radius 3 is 2.65 bits per heavy atom. The quantitative estimate of drug-likeness (QED) is 0.330. The highest BCUT2D eigenvalue weighted by atomic mass is 32.1. The molecule has 0 radical (unpaired) electrons. The predicted molar refractivity (Wildman–Crippen MR) is 140 cm³/mol. The first-order chi connectivity index (χ1) is 18.9. The Hall–Kier alpha value is -3.85. The molecule has 1 aliphatic rings. The van der Waals surface area contributed by atoms with E-state index < -0.39 is 35.4 Å². The van der Waals surface area contributed by atoms with Crippen LogP contribution in [0.3, 0.4) is 0 Å². The molecule has 1 saturated heterocycles. The van der Waals surface area contributed by atoms with Crippen LogP contribution >= 0.6 is 11.3 Å². The van der Waals surface area contributed by atoms with Crippen LogP contribution in [0.1, 0.15) is 44.5 Å². The van der Waals surface area contributed by atoms with Gasteiger partial charge in [-0.25, -0.2) is 23.9 Å². The molecular formula is C25H26F4N8O2S. The number of thiazole rings is 1. The van der Waals surface area contributed by atoms with Crippen molar-refractivity contribution in [2.45, 2.75) is 45.2 Å². The summed E-state index contributed by atoms with van der Waals surface area (Å²) in [5.41, 5.74) is 5.24. The van der Waals surface area contributed by atoms with Crippen LogP contribution in [0.5, 0.6) is 5.88 Å². The number of nitrogen functional groups attached to an aromatic ring is 1. The first kappa shape index (κ1) is 27.7. The normalized spacial score (nSPS) is 18.8. The number of nitrogens with zero attached hydrogens (tertiary/aromatic N) is 6. The Bertz CT molecular complexity index is 1590. The summed E-state index contributed by atoms with van der Waals surface area (Å²) >= 11 is 1.56. The second-order valence-corrected chi connectivity index (χ2v) is 10.8. The average molecular weight is 579 g/mol. The van der Waals surface area contributed by atoms with Gasteiger partial charge in [-0.15, -0.1) is 11.3 Å². The zero-order chi connectivity index (χ0) is 28.9. The third-order valence-electron chi connectivity index (χ3n) is 6.93. The third kappa shape index (κ3) is 4.94. The molecule has 212 valence electrons. The summed E-state index contributed by atoms with van der Waals surface area (Å²) in [6, 6.07) is 1.28. The molecule has 40 heavy (non-hydrogen) atoms. The maximum Gasteiger partial charge on any atom is 0.418 e. The number of amides is 1. The molecule has 10 nitrogen and oxygen atoms in total. The SMILES string of the molecule is COc1ncc(-c2cc(C(F)(F)F)c3c(N)ncnn23)cc1C(=O)N[C@@H]1CN(C(C)c2sc(C)nc2C)C[C@@H]1F. The van der Waals surface area contributed by atoms with Crippen molar-refractivity contribution in [2.75, 3.05) is 25.9 Å². The molecule has 4 aromatic heterocycles. The van der Waals surface area contributed by atoms with E-state index in [4.69, 9.17) is 10.5 Å². The largest absolute Gasteiger partial charge is 0.480 e. The molecule has 1 fully saturated rings. The molecule has 5 rings (SSSR count). The fourth-order valence-corrected chi connectivity index (χ4v) is 6.01. The van der Waals surface area contributed by atoms with Crippen molar-refractivity contribution in [2.24, 2.45) is 0 Å². The van der Waals surface area contributed by atoms with Crippen molar-refractivity contribution < 1.29 is 27.1 Å². The van der Waals surface area contributed by atoms with Gasteiger partial charge in [0.25, 0.3) is 5.91 Å². The Balaban J connectivity index is 1.43. The number of carbonyl (C=O) groups excluding carboxylic acids is 1. The number of hydrogen-bond acceptors (Lipinski definition) is 9. The lowest BCUT2D eigenvalue weighted by molar-refractivity contribution is -0.136. The van der Waals surface area contributed by atoms with Crippen LogP contribution in [0.15, 0.2) is 24.7 Å². The molecular weight excluding hydrogens is 552 g/mol. The highest BCUT2D eigenvalue weighted by Gasteiger charge is 2.39. The van der Waals surface area contributed by atoms with Crippen LogP contribution in [0, 0.1) is 13.8 Å². The van der Waals surface area contributed by atoms with Crippen molar-refractivity contribution in [3.8, 4) is 17.1 Å². The number of aromatic nitrogens is 5. The van der Waals surface area contributed by atoms with E-state index in [-0.39, 0.29) is 47.7 Å². The molecule has 5 heterocycles. The maximum absolute atomic E-state index is 15.1. The minimum absolute atomic E-state index is 0.0138. The van der Waals surface area contributed by atoms with Gasteiger partial charge in [0.2, 0.25) is 5.88 Å². The van der Waals surface area contributed by atoms with E-state index in [0.717, 1.165) is 32.5 Å². The lowest BCUT2D eigenvalue weighted by Gasteiger charge is -2.23. The molecule has 1 amide bonds. The minimum Gasteiger partial charge on any atom is -0.480 e. The van der Waals surface area contributed by atoms with Gasteiger partial charge in [0.15, 0.2) is 5.82 Å². The van der Waals surface area contributed by atoms with Crippen molar-refractivity contribution in [1.82, 2.24) is 34.8 Å². The number of carbonyl (C=O) groups is 1. The highest BCUT2D eigenvalue weighted by molar-refractivity contribution is 7.11. The molecule has 1 aliphatic heterocycles. The van der Waals surface area contributed by atoms with Crippen molar-refractivity contribution in [3.63, 3.8) is 0 Å². The molecule has 4 aromatic rings. The summed E-state index contributed by atoms with van der Waals surface area (Å²) in [7, 11) is 1.30. The number of halogens is 4. The average Bonchev–Trinajstić information content (AvgIpc) is 3.58. The Labute approximate surface area is 230 Å². The number of likely N-dealkylation sites (tertiary alicyclic amines) is 1. The second-order valence-electron chi connectivity index (χ2n) is 9.54. The number of anilines is 1. The van der Waals surface area contributed by atoms with E-state index in [2.05, 4.69) is 25.4 Å². The van der Waals surface area contributed by atoms with Crippen LogP contribution in [-0.2, 0) is 6.18 Å². The Morgan fingerprint density at radius 1 is 1.25 bits per heavy atom. The lowest BCUT2D eigenvalue weighted by Crippen LogP contribution is -2.41. The van der Waals surface area contributed by atoms with E-state index in [1.54, 1.807) is 11.3 Å². The zero-order valence-electron chi connectivity index (χ0n) is 22.0. The van der Waals surface area contributed by atoms with Crippen molar-refractivity contribution in [3.05, 3.63) is 51.4 Å². The fourth-order valence-electron chi connectivity index (χ4n) is 5.00. The molecule has 3 atom stereocenters. The minimum atomic E-state index is -4.74. The molecule has 0 spiro atoms. The Morgan fingerprint density at radius 2 is 2.00 bits per heavy atom. The van der Waals surface area contributed by atoms with Gasteiger partial charge in [0, 0.05) is 35.8 Å². The molecule has 0 bridgehead atoms. The molecule has 1 unspecified atom stereocenters. The van der Waals surface area contributed by atoms with Crippen LogP contribution < -0.4 is 15.8 Å². The number of nitrogens with one attached hydrogen (secondary N) is 1. The molecule has 3 N–H and O–H groups in total. The number of methoxy groups -OCH3 is 1. The van der Waals surface area contributed by atoms with Crippen LogP contribution in [-0.4, -0.2) is 67.8 Å². The number of aryl methyl sites for hydroxylation is 2. The number of alkyl halides is 4. The summed E-state index contributed by atoms with van der Waals surface area (Å²) in [5.74, 6) is -1.10. The van der Waals surface area contributed by atoms with Gasteiger partial charge in [-0.3, -0.25) is 9.69 Å². The van der Waals surface area contributed by atoms with Gasteiger partial charge < -0.3 is 15.8 Å². The highest BCUT2D eigenvalue weighted by Crippen LogP contribution is 2.39. The smallest absolute Gasteiger partial charge is 0.418 e. The number of nitrogens with two attached hydrogens (primary N) is 1. The molecule has 0 aromatic carbocycles. The van der Waals surface area contributed by atoms with Crippen LogP contribution in [0.2, 0.25) is 0 Å². The van der Waals surface area contributed by atoms with Gasteiger partial charge in [0.1, 0.15) is 23.6 Å². The molecule has 15 heteroatoms. The number of pyridine rings is 1. The van der Waals surface area contributed by atoms with Crippen LogP contribution in [0.4, 0.5) is 23.4 Å². The third-order valence-corrected chi connectivity index (χ3v) is 8.18. The van der Waals surface area contributed by atoms with Crippen molar-refractivity contribution >= 4 is 28.6 Å². The fraction of sp³-hybridized carbons (Fsp3) is 0.400. The standard InChI is InChI=1S/C25H26F4N8O2S/c1-11-21(40-13(3)34-11)12(2)36-8-17(26)18(9-36)35-23(38)15-5-14(7-31-24(15)39-4)19-6-16(25(27,28)29)20-22(30)32-10-33-37(19)20/h5-7,10,12,17-18H,8-9H2,1-4H3,(H,35,38)(H2,30,32,33)/t12?,17-,18+/m0/s1. The topological polar surface area (TPSA) is 124 Å². The molecule has 0 aliphatic carbocycles.